The summed E-state index contributed by atoms with van der Waals surface area (Å²) in [7, 11) is -2.21. The summed E-state index contributed by atoms with van der Waals surface area (Å²) in [6, 6.07) is 82.6. The average Bonchev–Trinajstić information content (AvgIpc) is 3.91. The van der Waals surface area contributed by atoms with E-state index in [1.165, 1.54) is 0 Å². The van der Waals surface area contributed by atoms with Crippen LogP contribution in [0.1, 0.15) is 71.7 Å². The Hall–Kier alpha value is -6.35. The first-order chi connectivity index (χ1) is 32.3. The Morgan fingerprint density at radius 1 is 0.348 bits per heavy atom. The van der Waals surface area contributed by atoms with E-state index in [2.05, 4.69) is 97.1 Å². The number of benzene rings is 8. The van der Waals surface area contributed by atoms with Crippen LogP contribution in [0.5, 0.6) is 0 Å². The predicted molar refractivity (Wildman–Crippen MR) is 261 cm³/mol. The van der Waals surface area contributed by atoms with Gasteiger partial charge in [-0.1, -0.05) is 243 Å². The maximum atomic E-state index is 7.41. The molecule has 1 unspecified atom stereocenters. The second-order valence-corrected chi connectivity index (χ2v) is 17.7. The van der Waals surface area contributed by atoms with Gasteiger partial charge in [0.15, 0.2) is 0 Å². The second-order valence-electron chi connectivity index (χ2n) is 17.7. The van der Waals surface area contributed by atoms with Gasteiger partial charge in [0.05, 0.1) is 5.60 Å². The molecule has 0 aliphatic carbocycles. The SMILES string of the molecule is CC(CC(C)(C)OB1OC(c2ccccc2)(c2ccccc2)C(c2ccccc2)(c2ccccc2)O1)OB1OC(c2ccccc2)(c2ccccc2)C(c2ccccc2)(c2ccccc2)O1. The normalized spacial score (nSPS) is 17.6. The maximum absolute atomic E-state index is 7.41. The lowest BCUT2D eigenvalue weighted by atomic mass is 9.66. The third-order valence-corrected chi connectivity index (χ3v) is 13.1. The first kappa shape index (κ1) is 43.5. The molecule has 2 saturated heterocycles. The molecule has 2 fully saturated rings. The van der Waals surface area contributed by atoms with Gasteiger partial charge >= 0.3 is 14.6 Å². The van der Waals surface area contributed by atoms with E-state index >= 15 is 0 Å². The van der Waals surface area contributed by atoms with Crippen LogP contribution in [-0.2, 0) is 50.3 Å². The van der Waals surface area contributed by atoms with Crippen molar-refractivity contribution in [1.29, 1.82) is 0 Å². The Morgan fingerprint density at radius 3 is 0.758 bits per heavy atom. The molecule has 0 aromatic heterocycles. The van der Waals surface area contributed by atoms with Gasteiger partial charge in [-0.3, -0.25) is 0 Å². The molecule has 2 aliphatic rings. The molecule has 10 rings (SSSR count). The van der Waals surface area contributed by atoms with Gasteiger partial charge in [-0.05, 0) is 71.7 Å². The topological polar surface area (TPSA) is 55.4 Å². The van der Waals surface area contributed by atoms with E-state index in [0.717, 1.165) is 44.5 Å². The van der Waals surface area contributed by atoms with Crippen LogP contribution in [0.25, 0.3) is 0 Å². The van der Waals surface area contributed by atoms with Crippen LogP contribution in [0, 0.1) is 0 Å². The Labute approximate surface area is 389 Å². The fourth-order valence-electron chi connectivity index (χ4n) is 10.5. The Kier molecular flexibility index (Phi) is 12.0. The van der Waals surface area contributed by atoms with Crippen molar-refractivity contribution in [2.45, 2.75) is 61.3 Å². The highest BCUT2D eigenvalue weighted by atomic mass is 16.8. The molecule has 2 aliphatic heterocycles. The molecule has 8 heteroatoms. The van der Waals surface area contributed by atoms with E-state index in [4.69, 9.17) is 27.9 Å². The van der Waals surface area contributed by atoms with Crippen molar-refractivity contribution in [3.8, 4) is 0 Å². The zero-order valence-corrected chi connectivity index (χ0v) is 37.5. The molecule has 2 heterocycles. The van der Waals surface area contributed by atoms with E-state index in [0.29, 0.717) is 6.42 Å². The predicted octanol–water partition coefficient (Wildman–Crippen LogP) is 12.4. The molecule has 0 spiro atoms. The van der Waals surface area contributed by atoms with Crippen molar-refractivity contribution in [1.82, 2.24) is 0 Å². The van der Waals surface area contributed by atoms with E-state index in [9.17, 15) is 0 Å². The zero-order chi connectivity index (χ0) is 45.1. The summed E-state index contributed by atoms with van der Waals surface area (Å²) in [6.07, 6.45) is -0.000787. The molecular weight excluding hydrogens is 814 g/mol. The molecule has 8 aromatic carbocycles. The number of rotatable bonds is 14. The van der Waals surface area contributed by atoms with Crippen LogP contribution < -0.4 is 0 Å². The average molecular weight is 867 g/mol. The molecule has 0 amide bonds. The first-order valence-corrected chi connectivity index (χ1v) is 22.8. The summed E-state index contributed by atoms with van der Waals surface area (Å²) in [4.78, 5) is 0. The molecular formula is C58H52B2O6. The van der Waals surface area contributed by atoms with Crippen molar-refractivity contribution in [2.24, 2.45) is 0 Å². The van der Waals surface area contributed by atoms with Crippen molar-refractivity contribution in [3.05, 3.63) is 287 Å². The van der Waals surface area contributed by atoms with Crippen molar-refractivity contribution in [2.75, 3.05) is 0 Å². The highest BCUT2D eigenvalue weighted by molar-refractivity contribution is 6.38. The van der Waals surface area contributed by atoms with E-state index in [-0.39, 0.29) is 0 Å². The summed E-state index contributed by atoms with van der Waals surface area (Å²) < 4.78 is 43.6. The second kappa shape index (κ2) is 18.1. The molecule has 326 valence electrons. The number of hydrogen-bond acceptors (Lipinski definition) is 6. The van der Waals surface area contributed by atoms with E-state index < -0.39 is 48.8 Å². The van der Waals surface area contributed by atoms with Crippen LogP contribution >= 0.6 is 0 Å². The van der Waals surface area contributed by atoms with Crippen LogP contribution in [0.15, 0.2) is 243 Å². The van der Waals surface area contributed by atoms with Gasteiger partial charge in [0.25, 0.3) is 0 Å². The summed E-state index contributed by atoms with van der Waals surface area (Å²) in [5.41, 5.74) is 1.91. The lowest BCUT2D eigenvalue weighted by molar-refractivity contribution is -0.00540. The van der Waals surface area contributed by atoms with E-state index in [1.54, 1.807) is 0 Å². The van der Waals surface area contributed by atoms with Gasteiger partial charge < -0.3 is 27.9 Å². The lowest BCUT2D eigenvalue weighted by Gasteiger charge is -2.45. The summed E-state index contributed by atoms with van der Waals surface area (Å²) in [6.45, 7) is 6.12. The summed E-state index contributed by atoms with van der Waals surface area (Å²) >= 11 is 0. The molecule has 0 bridgehead atoms. The fraction of sp³-hybridized carbons (Fsp3) is 0.172. The molecule has 0 radical (unpaired) electrons. The maximum Gasteiger partial charge on any atom is 0.641 e. The zero-order valence-electron chi connectivity index (χ0n) is 37.5. The van der Waals surface area contributed by atoms with Gasteiger partial charge in [0.2, 0.25) is 0 Å². The van der Waals surface area contributed by atoms with Gasteiger partial charge in [-0.2, -0.15) is 0 Å². The third-order valence-electron chi connectivity index (χ3n) is 13.1. The van der Waals surface area contributed by atoms with Gasteiger partial charge in [-0.25, -0.2) is 0 Å². The third kappa shape index (κ3) is 7.44. The monoisotopic (exact) mass is 866 g/mol. The highest BCUT2D eigenvalue weighted by Crippen LogP contribution is 2.61. The van der Waals surface area contributed by atoms with Gasteiger partial charge in [-0.15, -0.1) is 0 Å². The van der Waals surface area contributed by atoms with Crippen LogP contribution in [0.2, 0.25) is 0 Å². The minimum absolute atomic E-state index is 0.431. The molecule has 0 saturated carbocycles. The molecule has 6 nitrogen and oxygen atoms in total. The minimum Gasteiger partial charge on any atom is -0.383 e. The summed E-state index contributed by atoms with van der Waals surface area (Å²) in [5.74, 6) is 0. The van der Waals surface area contributed by atoms with E-state index in [1.807, 2.05) is 166 Å². The fourth-order valence-corrected chi connectivity index (χ4v) is 10.5. The molecule has 0 N–H and O–H groups in total. The van der Waals surface area contributed by atoms with Gasteiger partial charge in [0, 0.05) is 6.10 Å². The van der Waals surface area contributed by atoms with Crippen LogP contribution in [0.3, 0.4) is 0 Å². The largest absolute Gasteiger partial charge is 0.641 e. The molecule has 66 heavy (non-hydrogen) atoms. The van der Waals surface area contributed by atoms with Crippen molar-refractivity contribution < 1.29 is 27.9 Å². The van der Waals surface area contributed by atoms with Crippen molar-refractivity contribution in [3.63, 3.8) is 0 Å². The van der Waals surface area contributed by atoms with Crippen LogP contribution in [0.4, 0.5) is 0 Å². The summed E-state index contributed by atoms with van der Waals surface area (Å²) in [5, 5.41) is 0. The Morgan fingerprint density at radius 2 is 0.545 bits per heavy atom. The Bertz CT molecular complexity index is 2450. The quantitative estimate of drug-likeness (QED) is 0.102. The molecule has 8 aromatic rings. The van der Waals surface area contributed by atoms with Crippen molar-refractivity contribution >= 4 is 14.6 Å². The standard InChI is InChI=1S/C58H52B2O6/c1-45(61-59-63-55(46-28-12-4-13-29-46,47-30-14-5-15-31-47)56(64-59,48-32-16-6-17-33-48)49-34-18-7-19-35-49)44-54(2,3)62-60-65-57(50-36-20-8-21-37-50,51-38-22-9-23-39-51)58(66-60,52-40-24-10-25-41-52)53-42-26-11-27-43-53/h4-43,45H,44H2,1-3H3. The minimum atomic E-state index is -1.18. The Balaban J connectivity index is 1.02. The lowest BCUT2D eigenvalue weighted by Crippen LogP contribution is -2.48. The van der Waals surface area contributed by atoms with Gasteiger partial charge in [0.1, 0.15) is 22.4 Å². The smallest absolute Gasteiger partial charge is 0.383 e. The highest BCUT2D eigenvalue weighted by Gasteiger charge is 2.69. The molecule has 1 atom stereocenters. The number of hydrogen-bond donors (Lipinski definition) is 0. The van der Waals surface area contributed by atoms with Crippen LogP contribution in [-0.4, -0.2) is 26.3 Å². The first-order valence-electron chi connectivity index (χ1n) is 22.8.